The van der Waals surface area contributed by atoms with Crippen molar-refractivity contribution in [3.63, 3.8) is 0 Å². The molecule has 1 amide bonds. The van der Waals surface area contributed by atoms with E-state index in [0.29, 0.717) is 22.3 Å². The van der Waals surface area contributed by atoms with Gasteiger partial charge in [0, 0.05) is 17.1 Å². The zero-order chi connectivity index (χ0) is 21.5. The van der Waals surface area contributed by atoms with E-state index in [9.17, 15) is 18.0 Å². The number of fused-ring (bicyclic) bond motifs is 1. The van der Waals surface area contributed by atoms with Crippen molar-refractivity contribution in [2.24, 2.45) is 0 Å². The van der Waals surface area contributed by atoms with Crippen molar-refractivity contribution in [1.29, 1.82) is 0 Å². The molecule has 4 aromatic rings. The molecule has 0 atom stereocenters. The van der Waals surface area contributed by atoms with Crippen LogP contribution in [0.2, 0.25) is 0 Å². The average molecular weight is 425 g/mol. The number of amides is 1. The first-order valence-electron chi connectivity index (χ1n) is 9.05. The number of hydrogen-bond donors (Lipinski definition) is 4. The maximum absolute atomic E-state index is 12.7. The van der Waals surface area contributed by atoms with Gasteiger partial charge in [-0.3, -0.25) is 10.2 Å². The molecule has 0 saturated heterocycles. The van der Waals surface area contributed by atoms with Gasteiger partial charge in [-0.05, 0) is 50.2 Å². The SMILES string of the molecule is Cc1cc(C(=O)NNS(=O)(=O)c2ccc3[nH]c(=O)[nH]c3c2)c(C)n1-c1ccccc1. The van der Waals surface area contributed by atoms with Crippen molar-refractivity contribution < 1.29 is 13.2 Å². The molecule has 0 spiro atoms. The molecule has 0 bridgehead atoms. The molecule has 2 aromatic carbocycles. The number of H-pyrrole nitrogens is 2. The Morgan fingerprint density at radius 1 is 0.967 bits per heavy atom. The number of benzene rings is 2. The fourth-order valence-electron chi connectivity index (χ4n) is 3.39. The zero-order valence-electron chi connectivity index (χ0n) is 16.2. The highest BCUT2D eigenvalue weighted by molar-refractivity contribution is 7.89. The van der Waals surface area contributed by atoms with Crippen molar-refractivity contribution in [3.8, 4) is 5.69 Å². The third-order valence-electron chi connectivity index (χ3n) is 4.79. The molecule has 0 aliphatic heterocycles. The molecule has 0 radical (unpaired) electrons. The summed E-state index contributed by atoms with van der Waals surface area (Å²) in [7, 11) is -4.04. The normalized spacial score (nSPS) is 11.7. The van der Waals surface area contributed by atoms with Crippen LogP contribution in [0.1, 0.15) is 21.7 Å². The van der Waals surface area contributed by atoms with Gasteiger partial charge in [0.05, 0.1) is 21.5 Å². The third kappa shape index (κ3) is 3.53. The smallest absolute Gasteiger partial charge is 0.318 e. The lowest BCUT2D eigenvalue weighted by Gasteiger charge is -2.11. The van der Waals surface area contributed by atoms with Crippen LogP contribution < -0.4 is 15.9 Å². The highest BCUT2D eigenvalue weighted by atomic mass is 32.2. The lowest BCUT2D eigenvalue weighted by molar-refractivity contribution is 0.0944. The van der Waals surface area contributed by atoms with E-state index in [1.807, 2.05) is 41.8 Å². The Morgan fingerprint density at radius 2 is 1.67 bits per heavy atom. The number of para-hydroxylation sites is 1. The lowest BCUT2D eigenvalue weighted by Crippen LogP contribution is -2.41. The van der Waals surface area contributed by atoms with Crippen molar-refractivity contribution in [3.05, 3.63) is 82.0 Å². The Kier molecular flexibility index (Phi) is 4.80. The summed E-state index contributed by atoms with van der Waals surface area (Å²) in [5.41, 5.74) is 5.43. The third-order valence-corrected chi connectivity index (χ3v) is 6.03. The van der Waals surface area contributed by atoms with Gasteiger partial charge < -0.3 is 14.5 Å². The number of aromatic amines is 2. The second-order valence-corrected chi connectivity index (χ2v) is 8.48. The summed E-state index contributed by atoms with van der Waals surface area (Å²) >= 11 is 0. The zero-order valence-corrected chi connectivity index (χ0v) is 17.0. The summed E-state index contributed by atoms with van der Waals surface area (Å²) in [4.78, 5) is 31.0. The lowest BCUT2D eigenvalue weighted by atomic mass is 10.2. The molecule has 4 rings (SSSR count). The minimum atomic E-state index is -4.04. The standard InChI is InChI=1S/C20H19N5O4S/c1-12-10-16(13(2)25(12)14-6-4-3-5-7-14)19(26)23-24-30(28,29)15-8-9-17-18(11-15)22-20(27)21-17/h3-11,24H,1-2H3,(H,23,26)(H2,21,22,27). The van der Waals surface area contributed by atoms with Gasteiger partial charge >= 0.3 is 5.69 Å². The molecular formula is C20H19N5O4S. The van der Waals surface area contributed by atoms with Gasteiger partial charge in [0.1, 0.15) is 0 Å². The van der Waals surface area contributed by atoms with Crippen LogP contribution in [-0.4, -0.2) is 28.9 Å². The maximum Gasteiger partial charge on any atom is 0.323 e. The van der Waals surface area contributed by atoms with Gasteiger partial charge in [0.2, 0.25) is 0 Å². The molecule has 0 saturated carbocycles. The van der Waals surface area contributed by atoms with E-state index in [4.69, 9.17) is 0 Å². The van der Waals surface area contributed by atoms with Gasteiger partial charge in [0.25, 0.3) is 15.9 Å². The fraction of sp³-hybridized carbons (Fsp3) is 0.100. The minimum Gasteiger partial charge on any atom is -0.318 e. The first-order valence-corrected chi connectivity index (χ1v) is 10.5. The molecule has 4 N–H and O–H groups in total. The van der Waals surface area contributed by atoms with E-state index in [0.717, 1.165) is 11.4 Å². The van der Waals surface area contributed by atoms with E-state index in [1.165, 1.54) is 18.2 Å². The van der Waals surface area contributed by atoms with Gasteiger partial charge in [-0.1, -0.05) is 18.2 Å². The van der Waals surface area contributed by atoms with Crippen molar-refractivity contribution in [2.45, 2.75) is 18.7 Å². The fourth-order valence-corrected chi connectivity index (χ4v) is 4.25. The number of aryl methyl sites for hydroxylation is 1. The van der Waals surface area contributed by atoms with E-state index in [2.05, 4.69) is 20.2 Å². The average Bonchev–Trinajstić information content (AvgIpc) is 3.24. The Hall–Kier alpha value is -3.63. The molecule has 9 nitrogen and oxygen atoms in total. The number of aromatic nitrogens is 3. The molecule has 30 heavy (non-hydrogen) atoms. The van der Waals surface area contributed by atoms with E-state index >= 15 is 0 Å². The largest absolute Gasteiger partial charge is 0.323 e. The van der Waals surface area contributed by atoms with Crippen LogP contribution >= 0.6 is 0 Å². The van der Waals surface area contributed by atoms with E-state index in [1.54, 1.807) is 13.0 Å². The van der Waals surface area contributed by atoms with Crippen LogP contribution in [0.25, 0.3) is 16.7 Å². The second kappa shape index (κ2) is 7.32. The Morgan fingerprint density at radius 3 is 2.40 bits per heavy atom. The van der Waals surface area contributed by atoms with Crippen molar-refractivity contribution >= 4 is 27.0 Å². The first-order chi connectivity index (χ1) is 14.3. The van der Waals surface area contributed by atoms with Crippen LogP contribution in [0.3, 0.4) is 0 Å². The first kappa shape index (κ1) is 19.7. The molecular weight excluding hydrogens is 406 g/mol. The molecule has 2 heterocycles. The molecule has 10 heteroatoms. The van der Waals surface area contributed by atoms with Crippen LogP contribution in [0.5, 0.6) is 0 Å². The summed E-state index contributed by atoms with van der Waals surface area (Å²) in [6, 6.07) is 15.4. The predicted octanol–water partition coefficient (Wildman–Crippen LogP) is 1.89. The molecule has 0 aliphatic carbocycles. The van der Waals surface area contributed by atoms with Gasteiger partial charge in [-0.2, -0.15) is 0 Å². The highest BCUT2D eigenvalue weighted by Crippen LogP contribution is 2.20. The Balaban J connectivity index is 1.56. The summed E-state index contributed by atoms with van der Waals surface area (Å²) in [5, 5.41) is 0. The molecule has 2 aromatic heterocycles. The summed E-state index contributed by atoms with van der Waals surface area (Å²) in [5.74, 6) is -0.579. The van der Waals surface area contributed by atoms with Gasteiger partial charge in [-0.15, -0.1) is 4.83 Å². The minimum absolute atomic E-state index is 0.0969. The number of hydrazine groups is 1. The van der Waals surface area contributed by atoms with Crippen LogP contribution in [0, 0.1) is 13.8 Å². The number of carbonyl (C=O) groups is 1. The second-order valence-electron chi connectivity index (χ2n) is 6.80. The molecule has 0 fully saturated rings. The van der Waals surface area contributed by atoms with Crippen molar-refractivity contribution in [1.82, 2.24) is 24.8 Å². The van der Waals surface area contributed by atoms with Crippen molar-refractivity contribution in [2.75, 3.05) is 0 Å². The quantitative estimate of drug-likeness (QED) is 0.364. The number of nitrogens with zero attached hydrogens (tertiary/aromatic N) is 1. The van der Waals surface area contributed by atoms with Gasteiger partial charge in [-0.25, -0.2) is 13.2 Å². The number of hydrogen-bond acceptors (Lipinski definition) is 4. The predicted molar refractivity (Wildman–Crippen MR) is 112 cm³/mol. The monoisotopic (exact) mass is 425 g/mol. The van der Waals surface area contributed by atoms with Crippen LogP contribution in [0.15, 0.2) is 64.3 Å². The Labute approximate surface area is 171 Å². The number of rotatable bonds is 5. The molecule has 154 valence electrons. The van der Waals surface area contributed by atoms with Gasteiger partial charge in [0.15, 0.2) is 0 Å². The van der Waals surface area contributed by atoms with E-state index in [-0.39, 0.29) is 4.90 Å². The Bertz CT molecular complexity index is 1410. The van der Waals surface area contributed by atoms with E-state index < -0.39 is 21.6 Å². The maximum atomic E-state index is 12.7. The highest BCUT2D eigenvalue weighted by Gasteiger charge is 2.20. The van der Waals surface area contributed by atoms with Crippen LogP contribution in [0.4, 0.5) is 0 Å². The van der Waals surface area contributed by atoms with Crippen LogP contribution in [-0.2, 0) is 10.0 Å². The molecule has 0 aliphatic rings. The summed E-state index contributed by atoms with van der Waals surface area (Å²) < 4.78 is 27.0. The number of nitrogens with one attached hydrogen (secondary N) is 4. The summed E-state index contributed by atoms with van der Waals surface area (Å²) in [6.45, 7) is 3.66. The number of carbonyl (C=O) groups excluding carboxylic acids is 1. The topological polar surface area (TPSA) is 129 Å². The summed E-state index contributed by atoms with van der Waals surface area (Å²) in [6.07, 6.45) is 0. The number of sulfonamides is 1. The molecule has 0 unspecified atom stereocenters. The number of imidazole rings is 1.